The molecule has 200 valence electrons. The minimum Gasteiger partial charge on any atom is -0.352 e. The summed E-state index contributed by atoms with van der Waals surface area (Å²) in [6, 6.07) is 12.3. The number of sulfonamides is 1. The molecule has 0 spiro atoms. The van der Waals surface area contributed by atoms with Crippen LogP contribution in [0.3, 0.4) is 0 Å². The van der Waals surface area contributed by atoms with Crippen molar-refractivity contribution >= 4 is 44.9 Å². The van der Waals surface area contributed by atoms with Crippen LogP contribution in [-0.2, 0) is 26.2 Å². The lowest BCUT2D eigenvalue weighted by molar-refractivity contribution is -0.139. The summed E-state index contributed by atoms with van der Waals surface area (Å²) in [5.74, 6) is -1.09. The summed E-state index contributed by atoms with van der Waals surface area (Å²) in [5, 5.41) is 3.49. The Hall–Kier alpha value is -2.91. The van der Waals surface area contributed by atoms with E-state index in [1.807, 2.05) is 0 Å². The number of carbonyl (C=O) groups excluding carboxylic acids is 3. The van der Waals surface area contributed by atoms with E-state index >= 15 is 0 Å². The number of ketones is 1. The molecule has 1 saturated carbocycles. The third-order valence-electron chi connectivity index (χ3n) is 6.64. The van der Waals surface area contributed by atoms with Crippen molar-refractivity contribution in [2.45, 2.75) is 64.6 Å². The van der Waals surface area contributed by atoms with Gasteiger partial charge in [-0.1, -0.05) is 61.2 Å². The number of halogens is 1. The highest BCUT2D eigenvalue weighted by molar-refractivity contribution is 7.92. The number of nitrogens with zero attached hydrogens (tertiary/aromatic N) is 2. The van der Waals surface area contributed by atoms with Gasteiger partial charge in [-0.25, -0.2) is 8.42 Å². The van der Waals surface area contributed by atoms with E-state index in [4.69, 9.17) is 11.6 Å². The monoisotopic (exact) mass is 547 g/mol. The van der Waals surface area contributed by atoms with Gasteiger partial charge in [-0.05, 0) is 50.5 Å². The summed E-state index contributed by atoms with van der Waals surface area (Å²) >= 11 is 6.36. The highest BCUT2D eigenvalue weighted by atomic mass is 35.5. The minimum absolute atomic E-state index is 0.0306. The maximum Gasteiger partial charge on any atom is 0.244 e. The molecule has 1 fully saturated rings. The van der Waals surface area contributed by atoms with Crippen LogP contribution in [0.4, 0.5) is 5.69 Å². The second-order valence-corrected chi connectivity index (χ2v) is 11.8. The average molecular weight is 548 g/mol. The summed E-state index contributed by atoms with van der Waals surface area (Å²) in [6.45, 7) is 2.51. The van der Waals surface area contributed by atoms with Crippen molar-refractivity contribution in [2.24, 2.45) is 0 Å². The Morgan fingerprint density at radius 1 is 1.05 bits per heavy atom. The molecule has 2 aromatic carbocycles. The lowest BCUT2D eigenvalue weighted by atomic mass is 9.95. The Morgan fingerprint density at radius 2 is 1.73 bits per heavy atom. The van der Waals surface area contributed by atoms with Crippen LogP contribution in [0, 0.1) is 0 Å². The van der Waals surface area contributed by atoms with E-state index in [9.17, 15) is 22.8 Å². The first kappa shape index (κ1) is 28.7. The first-order valence-corrected chi connectivity index (χ1v) is 14.6. The number of carbonyl (C=O) groups is 3. The van der Waals surface area contributed by atoms with Crippen molar-refractivity contribution in [3.63, 3.8) is 0 Å². The Bertz CT molecular complexity index is 1240. The van der Waals surface area contributed by atoms with Crippen molar-refractivity contribution in [1.82, 2.24) is 10.2 Å². The predicted octanol–water partition coefficient (Wildman–Crippen LogP) is 4.17. The quantitative estimate of drug-likeness (QED) is 0.449. The molecule has 2 aromatic rings. The smallest absolute Gasteiger partial charge is 0.244 e. The van der Waals surface area contributed by atoms with E-state index in [-0.39, 0.29) is 30.0 Å². The fraction of sp³-hybridized carbons (Fsp3) is 0.444. The van der Waals surface area contributed by atoms with Gasteiger partial charge in [0.25, 0.3) is 0 Å². The molecule has 10 heteroatoms. The zero-order chi connectivity index (χ0) is 27.2. The third kappa shape index (κ3) is 7.79. The molecule has 0 heterocycles. The van der Waals surface area contributed by atoms with Gasteiger partial charge in [0, 0.05) is 23.2 Å². The summed E-state index contributed by atoms with van der Waals surface area (Å²) < 4.78 is 26.4. The topological polar surface area (TPSA) is 104 Å². The van der Waals surface area contributed by atoms with Crippen LogP contribution < -0.4 is 9.62 Å². The van der Waals surface area contributed by atoms with Crippen molar-refractivity contribution in [3.8, 4) is 0 Å². The summed E-state index contributed by atoms with van der Waals surface area (Å²) in [4.78, 5) is 40.1. The van der Waals surface area contributed by atoms with Crippen LogP contribution in [0.1, 0.15) is 61.9 Å². The molecule has 3 rings (SSSR count). The molecular formula is C27H34ClN3O5S. The maximum absolute atomic E-state index is 13.7. The predicted molar refractivity (Wildman–Crippen MR) is 145 cm³/mol. The fourth-order valence-corrected chi connectivity index (χ4v) is 5.49. The average Bonchev–Trinajstić information content (AvgIpc) is 2.86. The first-order chi connectivity index (χ1) is 17.5. The van der Waals surface area contributed by atoms with Crippen molar-refractivity contribution < 1.29 is 22.8 Å². The van der Waals surface area contributed by atoms with Gasteiger partial charge in [0.15, 0.2) is 5.78 Å². The van der Waals surface area contributed by atoms with E-state index < -0.39 is 28.5 Å². The van der Waals surface area contributed by atoms with Gasteiger partial charge >= 0.3 is 0 Å². The lowest BCUT2D eigenvalue weighted by Crippen LogP contribution is -2.53. The molecule has 0 aliphatic heterocycles. The summed E-state index contributed by atoms with van der Waals surface area (Å²) in [5.41, 5.74) is 1.16. The molecule has 0 saturated heterocycles. The van der Waals surface area contributed by atoms with E-state index in [1.165, 1.54) is 24.0 Å². The molecule has 8 nitrogen and oxygen atoms in total. The molecule has 37 heavy (non-hydrogen) atoms. The molecule has 0 radical (unpaired) electrons. The van der Waals surface area contributed by atoms with Gasteiger partial charge in [0.05, 0.1) is 11.9 Å². The Balaban J connectivity index is 1.91. The molecule has 0 unspecified atom stereocenters. The number of rotatable bonds is 10. The number of benzene rings is 2. The van der Waals surface area contributed by atoms with E-state index in [1.54, 1.807) is 43.3 Å². The molecule has 1 N–H and O–H groups in total. The second kappa shape index (κ2) is 12.6. The Morgan fingerprint density at radius 3 is 2.35 bits per heavy atom. The van der Waals surface area contributed by atoms with Crippen molar-refractivity contribution in [3.05, 3.63) is 64.7 Å². The fourth-order valence-electron chi connectivity index (χ4n) is 4.46. The molecule has 1 aliphatic rings. The van der Waals surface area contributed by atoms with Crippen LogP contribution in [-0.4, -0.2) is 55.8 Å². The number of hydrogen-bond donors (Lipinski definition) is 1. The van der Waals surface area contributed by atoms with Gasteiger partial charge in [0.2, 0.25) is 21.8 Å². The molecule has 0 aromatic heterocycles. The Labute approximate surface area is 224 Å². The summed E-state index contributed by atoms with van der Waals surface area (Å²) in [6.07, 6.45) is 6.02. The SMILES string of the molecule is CC(=O)c1cccc(N(CC(=O)N(Cc2ccccc2Cl)[C@H](C)C(=O)NC2CCCCC2)S(C)(=O)=O)c1. The largest absolute Gasteiger partial charge is 0.352 e. The maximum atomic E-state index is 13.7. The minimum atomic E-state index is -3.89. The zero-order valence-corrected chi connectivity index (χ0v) is 23.0. The zero-order valence-electron chi connectivity index (χ0n) is 21.4. The van der Waals surface area contributed by atoms with Crippen LogP contribution in [0.15, 0.2) is 48.5 Å². The van der Waals surface area contributed by atoms with Crippen molar-refractivity contribution in [1.29, 1.82) is 0 Å². The molecular weight excluding hydrogens is 514 g/mol. The highest BCUT2D eigenvalue weighted by Crippen LogP contribution is 2.23. The van der Waals surface area contributed by atoms with Crippen LogP contribution in [0.25, 0.3) is 0 Å². The second-order valence-electron chi connectivity index (χ2n) is 9.51. The van der Waals surface area contributed by atoms with E-state index in [0.29, 0.717) is 16.1 Å². The number of anilines is 1. The van der Waals surface area contributed by atoms with Gasteiger partial charge in [-0.15, -0.1) is 0 Å². The lowest BCUT2D eigenvalue weighted by Gasteiger charge is -2.33. The van der Waals surface area contributed by atoms with Gasteiger partial charge in [0.1, 0.15) is 12.6 Å². The molecule has 0 bridgehead atoms. The van der Waals surface area contributed by atoms with Crippen LogP contribution >= 0.6 is 11.6 Å². The number of Topliss-reactive ketones (excluding diaryl/α,β-unsaturated/α-hetero) is 1. The van der Waals surface area contributed by atoms with E-state index in [2.05, 4.69) is 5.32 Å². The number of nitrogens with one attached hydrogen (secondary N) is 1. The molecule has 2 amide bonds. The normalized spacial score (nSPS) is 15.0. The van der Waals surface area contributed by atoms with Crippen molar-refractivity contribution in [2.75, 3.05) is 17.1 Å². The standard InChI is InChI=1S/C27H34ClN3O5S/c1-19(27(34)29-23-12-5-4-6-13-23)30(17-22-10-7-8-15-25(22)28)26(33)18-31(37(3,35)36)24-14-9-11-21(16-24)20(2)32/h7-11,14-16,19,23H,4-6,12-13,17-18H2,1-3H3,(H,29,34)/t19-/m1/s1. The van der Waals surface area contributed by atoms with Crippen LogP contribution in [0.5, 0.6) is 0 Å². The number of hydrogen-bond acceptors (Lipinski definition) is 5. The highest BCUT2D eigenvalue weighted by Gasteiger charge is 2.31. The molecule has 1 aliphatic carbocycles. The molecule has 1 atom stereocenters. The van der Waals surface area contributed by atoms with Gasteiger partial charge < -0.3 is 10.2 Å². The summed E-state index contributed by atoms with van der Waals surface area (Å²) in [7, 11) is -3.89. The number of amides is 2. The van der Waals surface area contributed by atoms with E-state index in [0.717, 1.165) is 42.7 Å². The third-order valence-corrected chi connectivity index (χ3v) is 8.15. The van der Waals surface area contributed by atoms with Crippen LogP contribution in [0.2, 0.25) is 5.02 Å². The van der Waals surface area contributed by atoms with Gasteiger partial charge in [-0.2, -0.15) is 0 Å². The van der Waals surface area contributed by atoms with Gasteiger partial charge in [-0.3, -0.25) is 18.7 Å². The Kier molecular flexibility index (Phi) is 9.73. The first-order valence-electron chi connectivity index (χ1n) is 12.4.